The van der Waals surface area contributed by atoms with Gasteiger partial charge in [0, 0.05) is 13.1 Å². The zero-order valence-electron chi connectivity index (χ0n) is 13.6. The quantitative estimate of drug-likeness (QED) is 0.689. The van der Waals surface area contributed by atoms with E-state index in [1.165, 1.54) is 0 Å². The van der Waals surface area contributed by atoms with Crippen LogP contribution < -0.4 is 16.0 Å². The number of benzene rings is 1. The van der Waals surface area contributed by atoms with E-state index < -0.39 is 21.9 Å². The second-order valence-corrected chi connectivity index (χ2v) is 8.28. The molecule has 0 bridgehead atoms. The SMILES string of the molecule is C[C@@H](NC(=O)NC[C@@H]1CCS(=O)(=O)C1)C(=O)NCc1ccccc1. The number of carbonyl (C=O) groups is 2. The molecule has 0 aromatic heterocycles. The molecule has 132 valence electrons. The summed E-state index contributed by atoms with van der Waals surface area (Å²) in [6.07, 6.45) is 0.565. The maximum atomic E-state index is 12.0. The third-order valence-corrected chi connectivity index (χ3v) is 5.77. The molecule has 2 atom stereocenters. The zero-order valence-corrected chi connectivity index (χ0v) is 14.4. The van der Waals surface area contributed by atoms with Crippen LogP contribution in [0.5, 0.6) is 0 Å². The van der Waals surface area contributed by atoms with E-state index in [1.807, 2.05) is 30.3 Å². The molecule has 1 fully saturated rings. The first kappa shape index (κ1) is 18.3. The van der Waals surface area contributed by atoms with Gasteiger partial charge in [-0.15, -0.1) is 0 Å². The molecule has 7 nitrogen and oxygen atoms in total. The Bertz CT molecular complexity index is 676. The van der Waals surface area contributed by atoms with Crippen molar-refractivity contribution in [3.63, 3.8) is 0 Å². The monoisotopic (exact) mass is 353 g/mol. The van der Waals surface area contributed by atoms with Gasteiger partial charge < -0.3 is 16.0 Å². The molecular weight excluding hydrogens is 330 g/mol. The average Bonchev–Trinajstić information content (AvgIpc) is 2.90. The van der Waals surface area contributed by atoms with Crippen molar-refractivity contribution in [3.8, 4) is 0 Å². The molecule has 3 N–H and O–H groups in total. The predicted octanol–water partition coefficient (Wildman–Crippen LogP) is 0.425. The van der Waals surface area contributed by atoms with Crippen LogP contribution in [0.2, 0.25) is 0 Å². The summed E-state index contributed by atoms with van der Waals surface area (Å²) in [6, 6.07) is 8.33. The second-order valence-electron chi connectivity index (χ2n) is 6.05. The van der Waals surface area contributed by atoms with Crippen molar-refractivity contribution in [1.29, 1.82) is 0 Å². The average molecular weight is 353 g/mol. The lowest BCUT2D eigenvalue weighted by atomic mass is 10.1. The van der Waals surface area contributed by atoms with Gasteiger partial charge in [-0.05, 0) is 24.8 Å². The largest absolute Gasteiger partial charge is 0.350 e. The Labute approximate surface area is 142 Å². The van der Waals surface area contributed by atoms with Crippen LogP contribution in [-0.2, 0) is 21.2 Å². The molecule has 1 aromatic carbocycles. The van der Waals surface area contributed by atoms with Crippen LogP contribution in [0.25, 0.3) is 0 Å². The standard InChI is InChI=1S/C16H23N3O4S/c1-12(15(20)17-9-13-5-3-2-4-6-13)19-16(21)18-10-14-7-8-24(22,23)11-14/h2-6,12,14H,7-11H2,1H3,(H,17,20)(H2,18,19,21)/t12-,14+/m1/s1. The number of carbonyl (C=O) groups excluding carboxylic acids is 2. The van der Waals surface area contributed by atoms with Crippen molar-refractivity contribution in [2.45, 2.75) is 25.9 Å². The van der Waals surface area contributed by atoms with Crippen LogP contribution >= 0.6 is 0 Å². The zero-order chi connectivity index (χ0) is 17.6. The van der Waals surface area contributed by atoms with Crippen molar-refractivity contribution in [2.75, 3.05) is 18.1 Å². The normalized spacial score (nSPS) is 20.1. The first-order valence-electron chi connectivity index (χ1n) is 7.92. The van der Waals surface area contributed by atoms with Crippen LogP contribution in [0.4, 0.5) is 4.79 Å². The lowest BCUT2D eigenvalue weighted by Crippen LogP contribution is -2.49. The molecular formula is C16H23N3O4S. The number of hydrogen-bond donors (Lipinski definition) is 3. The van der Waals surface area contributed by atoms with Crippen molar-refractivity contribution >= 4 is 21.8 Å². The number of rotatable bonds is 6. The molecule has 1 aromatic rings. The van der Waals surface area contributed by atoms with Crippen LogP contribution in [0, 0.1) is 5.92 Å². The van der Waals surface area contributed by atoms with Gasteiger partial charge in [0.15, 0.2) is 9.84 Å². The third-order valence-electron chi connectivity index (χ3n) is 3.93. The van der Waals surface area contributed by atoms with Crippen molar-refractivity contribution in [2.24, 2.45) is 5.92 Å². The van der Waals surface area contributed by atoms with E-state index in [9.17, 15) is 18.0 Å². The van der Waals surface area contributed by atoms with Crippen LogP contribution in [0.1, 0.15) is 18.9 Å². The van der Waals surface area contributed by atoms with Crippen LogP contribution in [0.15, 0.2) is 30.3 Å². The van der Waals surface area contributed by atoms with Crippen LogP contribution in [0.3, 0.4) is 0 Å². The highest BCUT2D eigenvalue weighted by Gasteiger charge is 2.28. The highest BCUT2D eigenvalue weighted by atomic mass is 32.2. The molecule has 0 aliphatic carbocycles. The lowest BCUT2D eigenvalue weighted by molar-refractivity contribution is -0.122. The summed E-state index contributed by atoms with van der Waals surface area (Å²) in [6.45, 7) is 2.29. The van der Waals surface area contributed by atoms with Gasteiger partial charge in [0.2, 0.25) is 5.91 Å². The third kappa shape index (κ3) is 5.84. The van der Waals surface area contributed by atoms with E-state index >= 15 is 0 Å². The Balaban J connectivity index is 1.68. The molecule has 1 aliphatic heterocycles. The Morgan fingerprint density at radius 3 is 2.54 bits per heavy atom. The fourth-order valence-corrected chi connectivity index (χ4v) is 4.38. The summed E-state index contributed by atoms with van der Waals surface area (Å²) in [5.74, 6) is -0.0416. The van der Waals surface area contributed by atoms with E-state index in [2.05, 4.69) is 16.0 Å². The molecule has 2 rings (SSSR count). The maximum absolute atomic E-state index is 12.0. The minimum atomic E-state index is -2.95. The molecule has 3 amide bonds. The Kier molecular flexibility index (Phi) is 6.19. The summed E-state index contributed by atoms with van der Waals surface area (Å²) in [4.78, 5) is 23.8. The minimum Gasteiger partial charge on any atom is -0.350 e. The summed E-state index contributed by atoms with van der Waals surface area (Å²) in [5.41, 5.74) is 0.977. The van der Waals surface area contributed by atoms with E-state index in [-0.39, 0.29) is 23.3 Å². The molecule has 0 saturated carbocycles. The van der Waals surface area contributed by atoms with Gasteiger partial charge in [-0.1, -0.05) is 30.3 Å². The first-order valence-corrected chi connectivity index (χ1v) is 9.74. The Morgan fingerprint density at radius 1 is 1.21 bits per heavy atom. The summed E-state index contributed by atoms with van der Waals surface area (Å²) in [5, 5.41) is 7.93. The lowest BCUT2D eigenvalue weighted by Gasteiger charge is -2.16. The van der Waals surface area contributed by atoms with Gasteiger partial charge in [0.1, 0.15) is 6.04 Å². The van der Waals surface area contributed by atoms with E-state index in [1.54, 1.807) is 6.92 Å². The van der Waals surface area contributed by atoms with E-state index in [0.29, 0.717) is 19.5 Å². The van der Waals surface area contributed by atoms with Gasteiger partial charge in [-0.2, -0.15) is 0 Å². The second kappa shape index (κ2) is 8.14. The van der Waals surface area contributed by atoms with Crippen molar-refractivity contribution in [3.05, 3.63) is 35.9 Å². The molecule has 8 heteroatoms. The molecule has 0 unspecified atom stereocenters. The van der Waals surface area contributed by atoms with Gasteiger partial charge in [0.05, 0.1) is 11.5 Å². The van der Waals surface area contributed by atoms with Crippen LogP contribution in [-0.4, -0.2) is 44.4 Å². The molecule has 1 heterocycles. The highest BCUT2D eigenvalue weighted by molar-refractivity contribution is 7.91. The fourth-order valence-electron chi connectivity index (χ4n) is 2.52. The Hall–Kier alpha value is -2.09. The summed E-state index contributed by atoms with van der Waals surface area (Å²) in [7, 11) is -2.95. The van der Waals surface area contributed by atoms with E-state index in [0.717, 1.165) is 5.56 Å². The fraction of sp³-hybridized carbons (Fsp3) is 0.500. The summed E-state index contributed by atoms with van der Waals surface area (Å²) >= 11 is 0. The number of sulfone groups is 1. The van der Waals surface area contributed by atoms with Gasteiger partial charge >= 0.3 is 6.03 Å². The number of amides is 3. The minimum absolute atomic E-state index is 0.0528. The molecule has 1 aliphatic rings. The van der Waals surface area contributed by atoms with Crippen molar-refractivity contribution < 1.29 is 18.0 Å². The Morgan fingerprint density at radius 2 is 1.92 bits per heavy atom. The smallest absolute Gasteiger partial charge is 0.315 e. The first-order chi connectivity index (χ1) is 11.4. The van der Waals surface area contributed by atoms with E-state index in [4.69, 9.17) is 0 Å². The van der Waals surface area contributed by atoms with Gasteiger partial charge in [-0.25, -0.2) is 13.2 Å². The predicted molar refractivity (Wildman–Crippen MR) is 91.0 cm³/mol. The number of hydrogen-bond acceptors (Lipinski definition) is 4. The topological polar surface area (TPSA) is 104 Å². The molecule has 24 heavy (non-hydrogen) atoms. The number of urea groups is 1. The highest BCUT2D eigenvalue weighted by Crippen LogP contribution is 2.17. The van der Waals surface area contributed by atoms with Gasteiger partial charge in [0.25, 0.3) is 0 Å². The molecule has 0 radical (unpaired) electrons. The summed E-state index contributed by atoms with van der Waals surface area (Å²) < 4.78 is 22.7. The molecule has 0 spiro atoms. The van der Waals surface area contributed by atoms with Gasteiger partial charge in [-0.3, -0.25) is 4.79 Å². The molecule has 1 saturated heterocycles. The van der Waals surface area contributed by atoms with Crippen molar-refractivity contribution in [1.82, 2.24) is 16.0 Å². The number of nitrogens with one attached hydrogen (secondary N) is 3. The maximum Gasteiger partial charge on any atom is 0.315 e.